The summed E-state index contributed by atoms with van der Waals surface area (Å²) in [6, 6.07) is -0.306. The van der Waals surface area contributed by atoms with Crippen molar-refractivity contribution in [3.63, 3.8) is 0 Å². The number of hydrogen-bond donors (Lipinski definition) is 2. The van der Waals surface area contributed by atoms with Crippen LogP contribution in [0.3, 0.4) is 0 Å². The summed E-state index contributed by atoms with van der Waals surface area (Å²) in [5.74, 6) is -1.13. The van der Waals surface area contributed by atoms with Crippen LogP contribution < -0.4 is 5.32 Å². The molecule has 0 aromatic heterocycles. The zero-order valence-corrected chi connectivity index (χ0v) is 10.4. The van der Waals surface area contributed by atoms with Crippen LogP contribution in [0.4, 0.5) is 4.79 Å². The van der Waals surface area contributed by atoms with Crippen molar-refractivity contribution in [3.05, 3.63) is 0 Å². The summed E-state index contributed by atoms with van der Waals surface area (Å²) < 4.78 is 0. The van der Waals surface area contributed by atoms with Gasteiger partial charge in [-0.25, -0.2) is 4.79 Å². The van der Waals surface area contributed by atoms with Crippen molar-refractivity contribution in [3.8, 4) is 0 Å². The highest BCUT2D eigenvalue weighted by molar-refractivity contribution is 5.83. The summed E-state index contributed by atoms with van der Waals surface area (Å²) >= 11 is 0. The second kappa shape index (κ2) is 7.48. The van der Waals surface area contributed by atoms with Crippen LogP contribution in [0.5, 0.6) is 0 Å². The predicted molar refractivity (Wildman–Crippen MR) is 61.6 cm³/mol. The van der Waals surface area contributed by atoms with Crippen LogP contribution in [-0.4, -0.2) is 67.0 Å². The lowest BCUT2D eigenvalue weighted by Gasteiger charge is -2.24. The average molecular weight is 245 g/mol. The molecule has 0 aliphatic carbocycles. The van der Waals surface area contributed by atoms with Gasteiger partial charge in [-0.15, -0.1) is 0 Å². The number of rotatable bonds is 6. The van der Waals surface area contributed by atoms with Crippen molar-refractivity contribution in [2.75, 3.05) is 34.2 Å². The molecular weight excluding hydrogens is 226 g/mol. The Balaban J connectivity index is 4.02. The molecule has 0 saturated carbocycles. The smallest absolute Gasteiger partial charge is 0.319 e. The molecule has 0 aliphatic heterocycles. The maximum Gasteiger partial charge on any atom is 0.319 e. The highest BCUT2D eigenvalue weighted by Crippen LogP contribution is 1.98. The number of likely N-dealkylation sites (N-methyl/N-ethyl adjacent to an activating group) is 2. The van der Waals surface area contributed by atoms with E-state index < -0.39 is 5.97 Å². The van der Waals surface area contributed by atoms with Crippen molar-refractivity contribution < 1.29 is 19.5 Å². The second-order valence-corrected chi connectivity index (χ2v) is 3.73. The SMILES string of the molecule is CNC(=O)CN(C)C(=O)N(C)CCCC(=O)O. The van der Waals surface area contributed by atoms with Gasteiger partial charge in [0.1, 0.15) is 6.54 Å². The van der Waals surface area contributed by atoms with E-state index in [1.165, 1.54) is 23.9 Å². The Kier molecular flexibility index (Phi) is 6.69. The number of urea groups is 1. The maximum atomic E-state index is 11.7. The minimum absolute atomic E-state index is 0.0153. The number of hydrogen-bond acceptors (Lipinski definition) is 3. The number of nitrogens with zero attached hydrogens (tertiary/aromatic N) is 2. The third kappa shape index (κ3) is 6.39. The molecule has 98 valence electrons. The minimum atomic E-state index is -0.885. The van der Waals surface area contributed by atoms with E-state index in [1.54, 1.807) is 7.05 Å². The van der Waals surface area contributed by atoms with E-state index >= 15 is 0 Å². The lowest BCUT2D eigenvalue weighted by Crippen LogP contribution is -2.43. The van der Waals surface area contributed by atoms with E-state index in [-0.39, 0.29) is 24.9 Å². The van der Waals surface area contributed by atoms with Gasteiger partial charge in [-0.05, 0) is 6.42 Å². The Labute approximate surface area is 100 Å². The molecule has 3 amide bonds. The van der Waals surface area contributed by atoms with Gasteiger partial charge in [0.25, 0.3) is 0 Å². The Hall–Kier alpha value is -1.79. The van der Waals surface area contributed by atoms with Crippen molar-refractivity contribution >= 4 is 17.9 Å². The number of carboxylic acid groups (broad SMARTS) is 1. The predicted octanol–water partition coefficient (Wildman–Crippen LogP) is -0.419. The molecule has 0 bridgehead atoms. The first-order valence-electron chi connectivity index (χ1n) is 5.27. The fourth-order valence-corrected chi connectivity index (χ4v) is 1.22. The van der Waals surface area contributed by atoms with Gasteiger partial charge in [0.15, 0.2) is 0 Å². The van der Waals surface area contributed by atoms with Crippen molar-refractivity contribution in [2.45, 2.75) is 12.8 Å². The van der Waals surface area contributed by atoms with Gasteiger partial charge >= 0.3 is 12.0 Å². The summed E-state index contributed by atoms with van der Waals surface area (Å²) in [6.45, 7) is 0.335. The molecule has 0 unspecified atom stereocenters. The summed E-state index contributed by atoms with van der Waals surface area (Å²) in [4.78, 5) is 35.7. The fourth-order valence-electron chi connectivity index (χ4n) is 1.22. The Morgan fingerprint density at radius 1 is 1.18 bits per heavy atom. The van der Waals surface area contributed by atoms with Crippen LogP contribution in [0.15, 0.2) is 0 Å². The molecule has 17 heavy (non-hydrogen) atoms. The average Bonchev–Trinajstić information content (AvgIpc) is 2.26. The molecule has 7 nitrogen and oxygen atoms in total. The number of nitrogens with one attached hydrogen (secondary N) is 1. The molecule has 0 spiro atoms. The van der Waals surface area contributed by atoms with Crippen molar-refractivity contribution in [1.82, 2.24) is 15.1 Å². The zero-order chi connectivity index (χ0) is 13.4. The first kappa shape index (κ1) is 15.2. The van der Waals surface area contributed by atoms with Crippen molar-refractivity contribution in [2.24, 2.45) is 0 Å². The topological polar surface area (TPSA) is 90.0 Å². The number of amides is 3. The Bertz CT molecular complexity index is 293. The lowest BCUT2D eigenvalue weighted by atomic mass is 10.3. The highest BCUT2D eigenvalue weighted by Gasteiger charge is 2.16. The van der Waals surface area contributed by atoms with Gasteiger partial charge in [0.05, 0.1) is 0 Å². The van der Waals surface area contributed by atoms with E-state index in [2.05, 4.69) is 5.32 Å². The Morgan fingerprint density at radius 2 is 1.76 bits per heavy atom. The number of carboxylic acids is 1. The van der Waals surface area contributed by atoms with E-state index in [4.69, 9.17) is 5.11 Å². The highest BCUT2D eigenvalue weighted by atomic mass is 16.4. The fraction of sp³-hybridized carbons (Fsp3) is 0.700. The lowest BCUT2D eigenvalue weighted by molar-refractivity contribution is -0.137. The zero-order valence-electron chi connectivity index (χ0n) is 10.4. The van der Waals surface area contributed by atoms with E-state index in [0.717, 1.165) is 0 Å². The molecular formula is C10H19N3O4. The van der Waals surface area contributed by atoms with Crippen molar-refractivity contribution in [1.29, 1.82) is 0 Å². The quantitative estimate of drug-likeness (QED) is 0.665. The molecule has 0 aliphatic rings. The van der Waals surface area contributed by atoms with Crippen LogP contribution in [0.1, 0.15) is 12.8 Å². The molecule has 0 radical (unpaired) electrons. The molecule has 0 heterocycles. The van der Waals surface area contributed by atoms with Crippen LogP contribution in [0.25, 0.3) is 0 Å². The van der Waals surface area contributed by atoms with E-state index in [9.17, 15) is 14.4 Å². The molecule has 7 heteroatoms. The summed E-state index contributed by atoms with van der Waals surface area (Å²) in [5, 5.41) is 10.9. The van der Waals surface area contributed by atoms with Gasteiger partial charge in [-0.3, -0.25) is 9.59 Å². The number of aliphatic carboxylic acids is 1. The molecule has 0 fully saturated rings. The minimum Gasteiger partial charge on any atom is -0.481 e. The van der Waals surface area contributed by atoms with Gasteiger partial charge in [0, 0.05) is 34.1 Å². The Morgan fingerprint density at radius 3 is 2.24 bits per heavy atom. The normalized spacial score (nSPS) is 9.59. The molecule has 0 aromatic rings. The molecule has 0 saturated heterocycles. The molecule has 2 N–H and O–H groups in total. The first-order valence-corrected chi connectivity index (χ1v) is 5.27. The number of carbonyl (C=O) groups excluding carboxylic acids is 2. The van der Waals surface area contributed by atoms with E-state index in [0.29, 0.717) is 13.0 Å². The standard InChI is InChI=1S/C10H19N3O4/c1-11-8(14)7-13(3)10(17)12(2)6-4-5-9(15)16/h4-7H2,1-3H3,(H,11,14)(H,15,16). The second-order valence-electron chi connectivity index (χ2n) is 3.73. The van der Waals surface area contributed by atoms with Crippen LogP contribution in [-0.2, 0) is 9.59 Å². The number of carbonyl (C=O) groups is 3. The van der Waals surface area contributed by atoms with Gasteiger partial charge in [-0.1, -0.05) is 0 Å². The van der Waals surface area contributed by atoms with Crippen LogP contribution >= 0.6 is 0 Å². The molecule has 0 rings (SSSR count). The monoisotopic (exact) mass is 245 g/mol. The van der Waals surface area contributed by atoms with E-state index in [1.807, 2.05) is 0 Å². The van der Waals surface area contributed by atoms with Gasteiger partial charge < -0.3 is 20.2 Å². The summed E-state index contributed by atoms with van der Waals surface area (Å²) in [5.41, 5.74) is 0. The third-order valence-electron chi connectivity index (χ3n) is 2.20. The largest absolute Gasteiger partial charge is 0.481 e. The third-order valence-corrected chi connectivity index (χ3v) is 2.20. The summed E-state index contributed by atoms with van der Waals surface area (Å²) in [7, 11) is 4.59. The first-order chi connectivity index (χ1) is 7.88. The molecule has 0 aromatic carbocycles. The van der Waals surface area contributed by atoms with Gasteiger partial charge in [0.2, 0.25) is 5.91 Å². The molecule has 0 atom stereocenters. The summed E-state index contributed by atoms with van der Waals surface area (Å²) in [6.07, 6.45) is 0.419. The maximum absolute atomic E-state index is 11.7. The van der Waals surface area contributed by atoms with Crippen LogP contribution in [0, 0.1) is 0 Å². The van der Waals surface area contributed by atoms with Crippen LogP contribution in [0.2, 0.25) is 0 Å². The van der Waals surface area contributed by atoms with Gasteiger partial charge in [-0.2, -0.15) is 0 Å².